The van der Waals surface area contributed by atoms with E-state index in [1.807, 2.05) is 42.5 Å². The van der Waals surface area contributed by atoms with Gasteiger partial charge < -0.3 is 9.64 Å². The topological polar surface area (TPSA) is 73.1 Å². The maximum absolute atomic E-state index is 12.8. The molecule has 0 N–H and O–H groups in total. The van der Waals surface area contributed by atoms with Crippen LogP contribution in [0.2, 0.25) is 0 Å². The average molecular weight is 373 g/mol. The van der Waals surface area contributed by atoms with E-state index in [-0.39, 0.29) is 5.91 Å². The first-order chi connectivity index (χ1) is 13.7. The SMILES string of the molecule is COc1ccccc1-n1cc(C(=O)N(C)Cc2ccc3nccnc3c2)cn1. The first-order valence-electron chi connectivity index (χ1n) is 8.79. The lowest BCUT2D eigenvalue weighted by molar-refractivity contribution is 0.0785. The molecular weight excluding hydrogens is 354 g/mol. The number of nitrogens with zero attached hydrogens (tertiary/aromatic N) is 5. The lowest BCUT2D eigenvalue weighted by Gasteiger charge is -2.16. The number of para-hydroxylation sites is 2. The van der Waals surface area contributed by atoms with Gasteiger partial charge in [-0.2, -0.15) is 5.10 Å². The molecule has 0 spiro atoms. The molecule has 0 aliphatic carbocycles. The highest BCUT2D eigenvalue weighted by atomic mass is 16.5. The fourth-order valence-electron chi connectivity index (χ4n) is 3.06. The van der Waals surface area contributed by atoms with Gasteiger partial charge in [-0.1, -0.05) is 18.2 Å². The maximum Gasteiger partial charge on any atom is 0.257 e. The Bertz CT molecular complexity index is 1140. The first kappa shape index (κ1) is 17.7. The van der Waals surface area contributed by atoms with Crippen molar-refractivity contribution in [3.8, 4) is 11.4 Å². The Morgan fingerprint density at radius 3 is 2.71 bits per heavy atom. The summed E-state index contributed by atoms with van der Waals surface area (Å²) < 4.78 is 7.01. The number of carbonyl (C=O) groups excluding carboxylic acids is 1. The molecule has 0 aliphatic rings. The van der Waals surface area contributed by atoms with Crippen LogP contribution in [0.4, 0.5) is 0 Å². The number of ether oxygens (including phenoxy) is 1. The Labute approximate surface area is 162 Å². The maximum atomic E-state index is 12.8. The molecule has 4 rings (SSSR count). The number of rotatable bonds is 5. The third kappa shape index (κ3) is 3.42. The molecule has 2 heterocycles. The number of amides is 1. The molecule has 2 aromatic carbocycles. The van der Waals surface area contributed by atoms with E-state index in [9.17, 15) is 4.79 Å². The first-order valence-corrected chi connectivity index (χ1v) is 8.79. The van der Waals surface area contributed by atoms with Crippen LogP contribution >= 0.6 is 0 Å². The summed E-state index contributed by atoms with van der Waals surface area (Å²) in [6.07, 6.45) is 6.60. The van der Waals surface area contributed by atoms with Gasteiger partial charge in [-0.05, 0) is 29.8 Å². The Hall–Kier alpha value is -3.74. The van der Waals surface area contributed by atoms with E-state index in [0.29, 0.717) is 17.9 Å². The summed E-state index contributed by atoms with van der Waals surface area (Å²) in [5.41, 5.74) is 3.91. The van der Waals surface area contributed by atoms with Gasteiger partial charge in [0.2, 0.25) is 0 Å². The van der Waals surface area contributed by atoms with Crippen molar-refractivity contribution in [1.29, 1.82) is 0 Å². The van der Waals surface area contributed by atoms with Gasteiger partial charge in [0.05, 0.1) is 29.9 Å². The van der Waals surface area contributed by atoms with E-state index in [1.165, 1.54) is 0 Å². The minimum absolute atomic E-state index is 0.111. The highest BCUT2D eigenvalue weighted by Gasteiger charge is 2.16. The number of hydrogen-bond donors (Lipinski definition) is 0. The van der Waals surface area contributed by atoms with E-state index in [4.69, 9.17) is 4.74 Å². The number of fused-ring (bicyclic) bond motifs is 1. The summed E-state index contributed by atoms with van der Waals surface area (Å²) in [6, 6.07) is 13.3. The van der Waals surface area contributed by atoms with Crippen LogP contribution in [0, 0.1) is 0 Å². The molecule has 0 fully saturated rings. The van der Waals surface area contributed by atoms with Crippen LogP contribution in [-0.2, 0) is 6.54 Å². The molecule has 28 heavy (non-hydrogen) atoms. The summed E-state index contributed by atoms with van der Waals surface area (Å²) in [4.78, 5) is 23.1. The van der Waals surface area contributed by atoms with Crippen molar-refractivity contribution in [1.82, 2.24) is 24.6 Å². The number of benzene rings is 2. The third-order valence-electron chi connectivity index (χ3n) is 4.46. The molecule has 1 amide bonds. The van der Waals surface area contributed by atoms with Gasteiger partial charge in [-0.15, -0.1) is 0 Å². The predicted molar refractivity (Wildman–Crippen MR) is 105 cm³/mol. The molecule has 7 nitrogen and oxygen atoms in total. The van der Waals surface area contributed by atoms with Gasteiger partial charge in [0.1, 0.15) is 11.4 Å². The molecule has 0 saturated heterocycles. The van der Waals surface area contributed by atoms with Gasteiger partial charge in [-0.3, -0.25) is 14.8 Å². The van der Waals surface area contributed by atoms with Crippen LogP contribution in [0.25, 0.3) is 16.7 Å². The van der Waals surface area contributed by atoms with E-state index < -0.39 is 0 Å². The van der Waals surface area contributed by atoms with Crippen molar-refractivity contribution in [2.24, 2.45) is 0 Å². The van der Waals surface area contributed by atoms with Crippen molar-refractivity contribution in [2.45, 2.75) is 6.54 Å². The largest absolute Gasteiger partial charge is 0.494 e. The average Bonchev–Trinajstić information content (AvgIpc) is 3.23. The predicted octanol–water partition coefficient (Wildman–Crippen LogP) is 3.10. The molecule has 0 bridgehead atoms. The van der Waals surface area contributed by atoms with Crippen LogP contribution in [0.5, 0.6) is 5.75 Å². The van der Waals surface area contributed by atoms with Crippen molar-refractivity contribution < 1.29 is 9.53 Å². The normalized spacial score (nSPS) is 10.8. The Morgan fingerprint density at radius 1 is 1.11 bits per heavy atom. The van der Waals surface area contributed by atoms with E-state index in [1.54, 1.807) is 48.5 Å². The summed E-state index contributed by atoms with van der Waals surface area (Å²) in [7, 11) is 3.37. The quantitative estimate of drug-likeness (QED) is 0.537. The van der Waals surface area contributed by atoms with Crippen molar-refractivity contribution >= 4 is 16.9 Å². The van der Waals surface area contributed by atoms with Crippen LogP contribution in [0.3, 0.4) is 0 Å². The summed E-state index contributed by atoms with van der Waals surface area (Å²) in [5.74, 6) is 0.579. The smallest absolute Gasteiger partial charge is 0.257 e. The number of hydrogen-bond acceptors (Lipinski definition) is 5. The minimum atomic E-state index is -0.111. The summed E-state index contributed by atoms with van der Waals surface area (Å²) >= 11 is 0. The Kier molecular flexibility index (Phi) is 4.72. The van der Waals surface area contributed by atoms with Crippen LogP contribution < -0.4 is 4.74 Å². The second-order valence-electron chi connectivity index (χ2n) is 6.39. The van der Waals surface area contributed by atoms with Crippen LogP contribution in [0.15, 0.2) is 67.3 Å². The molecule has 4 aromatic rings. The van der Waals surface area contributed by atoms with Crippen LogP contribution in [-0.4, -0.2) is 44.7 Å². The minimum Gasteiger partial charge on any atom is -0.494 e. The lowest BCUT2D eigenvalue weighted by atomic mass is 10.1. The van der Waals surface area contributed by atoms with Gasteiger partial charge >= 0.3 is 0 Å². The molecule has 2 aromatic heterocycles. The Morgan fingerprint density at radius 2 is 1.89 bits per heavy atom. The zero-order valence-electron chi connectivity index (χ0n) is 15.6. The fourth-order valence-corrected chi connectivity index (χ4v) is 3.06. The van der Waals surface area contributed by atoms with Gasteiger partial charge in [0.15, 0.2) is 0 Å². The van der Waals surface area contributed by atoms with Crippen molar-refractivity contribution in [2.75, 3.05) is 14.2 Å². The molecule has 0 unspecified atom stereocenters. The summed E-state index contributed by atoms with van der Waals surface area (Å²) in [6.45, 7) is 0.463. The summed E-state index contributed by atoms with van der Waals surface area (Å²) in [5, 5.41) is 4.32. The van der Waals surface area contributed by atoms with E-state index in [0.717, 1.165) is 22.3 Å². The molecule has 0 atom stereocenters. The number of carbonyl (C=O) groups is 1. The molecule has 140 valence electrons. The fraction of sp³-hybridized carbons (Fsp3) is 0.143. The second-order valence-corrected chi connectivity index (χ2v) is 6.39. The van der Waals surface area contributed by atoms with Gasteiger partial charge in [0.25, 0.3) is 5.91 Å². The highest BCUT2D eigenvalue weighted by Crippen LogP contribution is 2.22. The molecule has 0 radical (unpaired) electrons. The molecule has 0 saturated carbocycles. The highest BCUT2D eigenvalue weighted by molar-refractivity contribution is 5.93. The van der Waals surface area contributed by atoms with E-state index >= 15 is 0 Å². The monoisotopic (exact) mass is 373 g/mol. The zero-order valence-corrected chi connectivity index (χ0v) is 15.6. The number of aromatic nitrogens is 4. The van der Waals surface area contributed by atoms with Gasteiger partial charge in [0, 0.05) is 32.2 Å². The molecule has 7 heteroatoms. The molecule has 0 aliphatic heterocycles. The standard InChI is InChI=1S/C21H19N5O2/c1-25(13-15-7-8-17-18(11-15)23-10-9-22-17)21(27)16-12-24-26(14-16)19-5-3-4-6-20(19)28-2/h3-12,14H,13H2,1-2H3. The Balaban J connectivity index is 1.53. The second kappa shape index (κ2) is 7.48. The lowest BCUT2D eigenvalue weighted by Crippen LogP contribution is -2.25. The number of methoxy groups -OCH3 is 1. The van der Waals surface area contributed by atoms with Crippen LogP contribution in [0.1, 0.15) is 15.9 Å². The van der Waals surface area contributed by atoms with Crippen molar-refractivity contribution in [3.05, 3.63) is 78.4 Å². The zero-order chi connectivity index (χ0) is 19.5. The third-order valence-corrected chi connectivity index (χ3v) is 4.46. The van der Waals surface area contributed by atoms with E-state index in [2.05, 4.69) is 15.1 Å². The van der Waals surface area contributed by atoms with Gasteiger partial charge in [-0.25, -0.2) is 4.68 Å². The van der Waals surface area contributed by atoms with Crippen molar-refractivity contribution in [3.63, 3.8) is 0 Å². The molecular formula is C21H19N5O2.